The lowest BCUT2D eigenvalue weighted by Crippen LogP contribution is -2.33. The van der Waals surface area contributed by atoms with Crippen LogP contribution < -0.4 is 5.32 Å². The van der Waals surface area contributed by atoms with E-state index in [1.54, 1.807) is 0 Å². The molecule has 0 bridgehead atoms. The number of hydrogen-bond donors (Lipinski definition) is 3. The summed E-state index contributed by atoms with van der Waals surface area (Å²) in [6.07, 6.45) is 1.54. The average Bonchev–Trinajstić information content (AvgIpc) is 3.09. The predicted octanol–water partition coefficient (Wildman–Crippen LogP) is 1.55. The van der Waals surface area contributed by atoms with Crippen molar-refractivity contribution in [3.63, 3.8) is 0 Å². The van der Waals surface area contributed by atoms with Gasteiger partial charge in [0.1, 0.15) is 5.75 Å². The lowest BCUT2D eigenvalue weighted by atomic mass is 10.1. The van der Waals surface area contributed by atoms with Crippen LogP contribution in [0.25, 0.3) is 0 Å². The molecule has 1 atom stereocenters. The van der Waals surface area contributed by atoms with Gasteiger partial charge in [-0.3, -0.25) is 4.79 Å². The third-order valence-electron chi connectivity index (χ3n) is 2.84. The molecule has 17 heavy (non-hydrogen) atoms. The molecule has 0 spiro atoms. The number of aliphatic hydroxyl groups is 1. The lowest BCUT2D eigenvalue weighted by Gasteiger charge is -2.11. The number of phenols is 1. The van der Waals surface area contributed by atoms with Crippen LogP contribution in [0, 0.1) is 5.92 Å². The van der Waals surface area contributed by atoms with Gasteiger partial charge in [0.05, 0.1) is 11.7 Å². The number of carbonyl (C=O) groups excluding carboxylic acids is 1. The zero-order valence-corrected chi connectivity index (χ0v) is 9.94. The Morgan fingerprint density at radius 1 is 1.53 bits per heavy atom. The van der Waals surface area contributed by atoms with E-state index < -0.39 is 12.0 Å². The molecular formula is C12H14ClNO3. The number of benzene rings is 1. The second-order valence-electron chi connectivity index (χ2n) is 4.28. The van der Waals surface area contributed by atoms with Crippen molar-refractivity contribution in [2.75, 3.05) is 6.54 Å². The van der Waals surface area contributed by atoms with E-state index >= 15 is 0 Å². The van der Waals surface area contributed by atoms with Crippen LogP contribution in [0.5, 0.6) is 5.75 Å². The van der Waals surface area contributed by atoms with Gasteiger partial charge < -0.3 is 15.5 Å². The van der Waals surface area contributed by atoms with E-state index in [-0.39, 0.29) is 17.9 Å². The molecule has 1 aromatic rings. The molecule has 5 heteroatoms. The van der Waals surface area contributed by atoms with E-state index in [0.29, 0.717) is 10.9 Å². The molecule has 1 unspecified atom stereocenters. The minimum atomic E-state index is -0.492. The smallest absolute Gasteiger partial charge is 0.255 e. The molecule has 1 aliphatic rings. The zero-order chi connectivity index (χ0) is 12.4. The quantitative estimate of drug-likeness (QED) is 0.765. The molecule has 1 saturated carbocycles. The van der Waals surface area contributed by atoms with Gasteiger partial charge in [0.15, 0.2) is 0 Å². The number of hydrogen-bond acceptors (Lipinski definition) is 3. The van der Waals surface area contributed by atoms with Crippen LogP contribution in [0.4, 0.5) is 0 Å². The summed E-state index contributed by atoms with van der Waals surface area (Å²) in [5.74, 6) is -0.246. The highest BCUT2D eigenvalue weighted by Gasteiger charge is 2.29. The Morgan fingerprint density at radius 3 is 2.82 bits per heavy atom. The van der Waals surface area contributed by atoms with Crippen molar-refractivity contribution in [3.8, 4) is 5.75 Å². The summed E-state index contributed by atoms with van der Waals surface area (Å²) < 4.78 is 0. The maximum absolute atomic E-state index is 11.7. The monoisotopic (exact) mass is 255 g/mol. The van der Waals surface area contributed by atoms with Gasteiger partial charge in [0.25, 0.3) is 5.91 Å². The van der Waals surface area contributed by atoms with Crippen LogP contribution in [0.3, 0.4) is 0 Å². The first-order valence-electron chi connectivity index (χ1n) is 5.52. The van der Waals surface area contributed by atoms with E-state index in [1.165, 1.54) is 18.2 Å². The molecule has 1 fully saturated rings. The van der Waals surface area contributed by atoms with Gasteiger partial charge in [0, 0.05) is 11.6 Å². The summed E-state index contributed by atoms with van der Waals surface area (Å²) in [6, 6.07) is 4.30. The van der Waals surface area contributed by atoms with E-state index in [9.17, 15) is 15.0 Å². The van der Waals surface area contributed by atoms with Crippen molar-refractivity contribution in [1.29, 1.82) is 0 Å². The van der Waals surface area contributed by atoms with Gasteiger partial charge in [-0.15, -0.1) is 0 Å². The standard InChI is InChI=1S/C12H14ClNO3/c13-8-3-4-9(10(15)5-8)12(17)14-6-11(16)7-1-2-7/h3-5,7,11,15-16H,1-2,6H2,(H,14,17). The first-order chi connectivity index (χ1) is 8.08. The van der Waals surface area contributed by atoms with Crippen LogP contribution >= 0.6 is 11.6 Å². The van der Waals surface area contributed by atoms with Crippen molar-refractivity contribution in [2.45, 2.75) is 18.9 Å². The number of halogens is 1. The fourth-order valence-electron chi connectivity index (χ4n) is 1.64. The average molecular weight is 256 g/mol. The highest BCUT2D eigenvalue weighted by atomic mass is 35.5. The number of phenolic OH excluding ortho intramolecular Hbond substituents is 1. The van der Waals surface area contributed by atoms with Crippen molar-refractivity contribution in [3.05, 3.63) is 28.8 Å². The van der Waals surface area contributed by atoms with E-state index in [0.717, 1.165) is 12.8 Å². The Hall–Kier alpha value is -1.26. The summed E-state index contributed by atoms with van der Waals surface area (Å²) in [5.41, 5.74) is 0.164. The summed E-state index contributed by atoms with van der Waals surface area (Å²) >= 11 is 5.67. The Balaban J connectivity index is 1.94. The Kier molecular flexibility index (Phi) is 3.54. The minimum absolute atomic E-state index is 0.157. The van der Waals surface area contributed by atoms with Crippen LogP contribution in [0.15, 0.2) is 18.2 Å². The van der Waals surface area contributed by atoms with Crippen LogP contribution in [0.1, 0.15) is 23.2 Å². The molecule has 0 aromatic heterocycles. The van der Waals surface area contributed by atoms with Gasteiger partial charge in [-0.25, -0.2) is 0 Å². The number of amides is 1. The van der Waals surface area contributed by atoms with E-state index in [4.69, 9.17) is 11.6 Å². The molecule has 0 radical (unpaired) electrons. The third-order valence-corrected chi connectivity index (χ3v) is 3.08. The summed E-state index contributed by atoms with van der Waals surface area (Å²) in [7, 11) is 0. The number of rotatable bonds is 4. The largest absolute Gasteiger partial charge is 0.507 e. The fourth-order valence-corrected chi connectivity index (χ4v) is 1.80. The maximum atomic E-state index is 11.7. The fraction of sp³-hybridized carbons (Fsp3) is 0.417. The van der Waals surface area contributed by atoms with Crippen LogP contribution in [-0.2, 0) is 0 Å². The molecule has 1 amide bonds. The first kappa shape index (κ1) is 12.2. The second kappa shape index (κ2) is 4.94. The predicted molar refractivity (Wildman–Crippen MR) is 64.2 cm³/mol. The van der Waals surface area contributed by atoms with Crippen molar-refractivity contribution in [2.24, 2.45) is 5.92 Å². The molecule has 3 N–H and O–H groups in total. The van der Waals surface area contributed by atoms with Crippen molar-refractivity contribution in [1.82, 2.24) is 5.32 Å². The molecule has 92 valence electrons. The van der Waals surface area contributed by atoms with Gasteiger partial charge in [-0.05, 0) is 37.0 Å². The number of nitrogens with one attached hydrogen (secondary N) is 1. The lowest BCUT2D eigenvalue weighted by molar-refractivity contribution is 0.0898. The number of aliphatic hydroxyl groups excluding tert-OH is 1. The normalized spacial score (nSPS) is 16.6. The highest BCUT2D eigenvalue weighted by molar-refractivity contribution is 6.30. The van der Waals surface area contributed by atoms with E-state index in [2.05, 4.69) is 5.32 Å². The molecule has 0 saturated heterocycles. The van der Waals surface area contributed by atoms with E-state index in [1.807, 2.05) is 0 Å². The van der Waals surface area contributed by atoms with Crippen molar-refractivity contribution >= 4 is 17.5 Å². The summed E-state index contributed by atoms with van der Waals surface area (Å²) in [6.45, 7) is 0.214. The van der Waals surface area contributed by atoms with Gasteiger partial charge in [0.2, 0.25) is 0 Å². The first-order valence-corrected chi connectivity index (χ1v) is 5.90. The minimum Gasteiger partial charge on any atom is -0.507 e. The molecule has 0 aliphatic heterocycles. The Bertz CT molecular complexity index is 432. The molecule has 2 rings (SSSR count). The molecule has 1 aromatic carbocycles. The number of aromatic hydroxyl groups is 1. The Labute approximate surface area is 104 Å². The Morgan fingerprint density at radius 2 is 2.24 bits per heavy atom. The second-order valence-corrected chi connectivity index (χ2v) is 4.71. The van der Waals surface area contributed by atoms with Gasteiger partial charge in [-0.2, -0.15) is 0 Å². The van der Waals surface area contributed by atoms with Crippen molar-refractivity contribution < 1.29 is 15.0 Å². The van der Waals surface area contributed by atoms with Gasteiger partial charge in [-0.1, -0.05) is 11.6 Å². The molecule has 1 aliphatic carbocycles. The molecular weight excluding hydrogens is 242 g/mol. The topological polar surface area (TPSA) is 69.6 Å². The van der Waals surface area contributed by atoms with Gasteiger partial charge >= 0.3 is 0 Å². The molecule has 0 heterocycles. The summed E-state index contributed by atoms with van der Waals surface area (Å²) in [5, 5.41) is 22.1. The summed E-state index contributed by atoms with van der Waals surface area (Å²) in [4.78, 5) is 11.7. The highest BCUT2D eigenvalue weighted by Crippen LogP contribution is 2.32. The molecule has 4 nitrogen and oxygen atoms in total. The SMILES string of the molecule is O=C(NCC(O)C1CC1)c1ccc(Cl)cc1O. The third kappa shape index (κ3) is 3.11. The zero-order valence-electron chi connectivity index (χ0n) is 9.19. The van der Waals surface area contributed by atoms with Crippen LogP contribution in [-0.4, -0.2) is 28.8 Å². The number of carbonyl (C=O) groups is 1. The van der Waals surface area contributed by atoms with Crippen LogP contribution in [0.2, 0.25) is 5.02 Å². The maximum Gasteiger partial charge on any atom is 0.255 e.